The number of rotatable bonds is 10. The maximum Gasteiger partial charge on any atom is 0.344 e. The van der Waals surface area contributed by atoms with Crippen LogP contribution in [0.3, 0.4) is 0 Å². The molecule has 1 aliphatic rings. The number of carbonyl (C=O) groups excluding carboxylic acids is 3. The zero-order chi connectivity index (χ0) is 23.3. The molecule has 1 atom stereocenters. The van der Waals surface area contributed by atoms with Gasteiger partial charge in [-0.1, -0.05) is 51.2 Å². The van der Waals surface area contributed by atoms with Crippen molar-refractivity contribution in [1.82, 2.24) is 25.5 Å². The molecule has 0 bridgehead atoms. The zero-order valence-corrected chi connectivity index (χ0v) is 19.4. The molecule has 8 heteroatoms. The summed E-state index contributed by atoms with van der Waals surface area (Å²) in [5, 5.41) is 8.00. The van der Waals surface area contributed by atoms with Gasteiger partial charge in [-0.15, -0.1) is 0 Å². The number of aromatic nitrogens is 2. The molecule has 0 spiro atoms. The van der Waals surface area contributed by atoms with E-state index in [1.165, 1.54) is 0 Å². The first-order valence-corrected chi connectivity index (χ1v) is 11.3. The number of hydrogen-bond donors (Lipinski definition) is 2. The molecule has 1 unspecified atom stereocenters. The lowest BCUT2D eigenvalue weighted by Gasteiger charge is -2.21. The second-order valence-electron chi connectivity index (χ2n) is 8.79. The van der Waals surface area contributed by atoms with Crippen LogP contribution in [0, 0.1) is 13.8 Å². The van der Waals surface area contributed by atoms with Crippen LogP contribution in [-0.4, -0.2) is 38.2 Å². The van der Waals surface area contributed by atoms with Gasteiger partial charge in [0.15, 0.2) is 0 Å². The number of hydrogen-bond acceptors (Lipinski definition) is 4. The molecule has 1 saturated heterocycles. The highest BCUT2D eigenvalue weighted by Crippen LogP contribution is 2.23. The summed E-state index contributed by atoms with van der Waals surface area (Å²) in [6.07, 6.45) is 5.83. The van der Waals surface area contributed by atoms with Gasteiger partial charge >= 0.3 is 6.03 Å². The van der Waals surface area contributed by atoms with E-state index in [1.54, 1.807) is 25.1 Å². The first-order valence-electron chi connectivity index (χ1n) is 11.3. The van der Waals surface area contributed by atoms with Crippen molar-refractivity contribution < 1.29 is 14.4 Å². The van der Waals surface area contributed by atoms with Crippen LogP contribution in [0.2, 0.25) is 0 Å². The number of unbranched alkanes of at least 4 members (excludes halogenated alkanes) is 4. The van der Waals surface area contributed by atoms with Gasteiger partial charge in [-0.3, -0.25) is 19.7 Å². The molecule has 1 aromatic carbocycles. The van der Waals surface area contributed by atoms with Gasteiger partial charge in [-0.05, 0) is 51.0 Å². The second-order valence-corrected chi connectivity index (χ2v) is 8.79. The summed E-state index contributed by atoms with van der Waals surface area (Å²) in [4.78, 5) is 38.1. The Labute approximate surface area is 189 Å². The minimum atomic E-state index is -0.992. The minimum Gasteiger partial charge on any atom is -0.322 e. The van der Waals surface area contributed by atoms with E-state index >= 15 is 0 Å². The third-order valence-corrected chi connectivity index (χ3v) is 5.88. The summed E-state index contributed by atoms with van der Waals surface area (Å²) >= 11 is 0. The number of benzene rings is 1. The van der Waals surface area contributed by atoms with E-state index < -0.39 is 23.4 Å². The first-order chi connectivity index (χ1) is 15.2. The van der Waals surface area contributed by atoms with E-state index in [0.717, 1.165) is 54.1 Å². The molecule has 0 radical (unpaired) electrons. The zero-order valence-electron chi connectivity index (χ0n) is 19.4. The largest absolute Gasteiger partial charge is 0.344 e. The maximum atomic E-state index is 12.9. The van der Waals surface area contributed by atoms with E-state index in [9.17, 15) is 14.4 Å². The van der Waals surface area contributed by atoms with E-state index in [2.05, 4.69) is 22.8 Å². The van der Waals surface area contributed by atoms with Crippen molar-refractivity contribution in [1.29, 1.82) is 0 Å². The summed E-state index contributed by atoms with van der Waals surface area (Å²) in [6.45, 7) is 8.31. The van der Waals surface area contributed by atoms with E-state index in [4.69, 9.17) is 0 Å². The summed E-state index contributed by atoms with van der Waals surface area (Å²) in [5.41, 5.74) is 4.73. The second kappa shape index (κ2) is 9.97. The standard InChI is InChI=1S/C24H33N5O3/c1-5-6-7-8-9-13-24(4)22(31)29(23(32)25-24)27-21(30)20-12-10-11-19(15-20)16-28-18(3)14-17(2)26-28/h10-12,14-15H,5-9,13,16H2,1-4H3,(H,25,32)(H,27,30). The van der Waals surface area contributed by atoms with Gasteiger partial charge in [-0.25, -0.2) is 4.79 Å². The molecule has 1 aliphatic heterocycles. The quantitative estimate of drug-likeness (QED) is 0.434. The van der Waals surface area contributed by atoms with Crippen LogP contribution in [0.4, 0.5) is 4.79 Å². The van der Waals surface area contributed by atoms with Crippen molar-refractivity contribution in [3.05, 3.63) is 52.8 Å². The summed E-state index contributed by atoms with van der Waals surface area (Å²) in [6, 6.07) is 8.49. The Morgan fingerprint density at radius 1 is 1.12 bits per heavy atom. The lowest BCUT2D eigenvalue weighted by atomic mass is 9.94. The van der Waals surface area contributed by atoms with Crippen LogP contribution in [0.1, 0.15) is 79.7 Å². The molecule has 2 N–H and O–H groups in total. The van der Waals surface area contributed by atoms with Crippen molar-refractivity contribution >= 4 is 17.8 Å². The van der Waals surface area contributed by atoms with Crippen LogP contribution < -0.4 is 10.7 Å². The average molecular weight is 440 g/mol. The maximum absolute atomic E-state index is 12.9. The molecule has 8 nitrogen and oxygen atoms in total. The van der Waals surface area contributed by atoms with Crippen LogP contribution in [0.15, 0.2) is 30.3 Å². The number of nitrogens with one attached hydrogen (secondary N) is 2. The van der Waals surface area contributed by atoms with Crippen LogP contribution in [-0.2, 0) is 11.3 Å². The first kappa shape index (κ1) is 23.5. The molecule has 32 heavy (non-hydrogen) atoms. The number of nitrogens with zero attached hydrogens (tertiary/aromatic N) is 3. The van der Waals surface area contributed by atoms with Crippen molar-refractivity contribution in [2.75, 3.05) is 0 Å². The number of amides is 4. The normalized spacial score (nSPS) is 18.2. The Hall–Kier alpha value is -3.16. The molecule has 4 amide bonds. The van der Waals surface area contributed by atoms with E-state index in [0.29, 0.717) is 18.5 Å². The summed E-state index contributed by atoms with van der Waals surface area (Å²) < 4.78 is 1.87. The van der Waals surface area contributed by atoms with Gasteiger partial charge in [0.05, 0.1) is 12.2 Å². The fourth-order valence-electron chi connectivity index (χ4n) is 4.02. The molecule has 2 aromatic rings. The van der Waals surface area contributed by atoms with E-state index in [-0.39, 0.29) is 0 Å². The van der Waals surface area contributed by atoms with Crippen molar-refractivity contribution in [2.24, 2.45) is 0 Å². The molecule has 0 aliphatic carbocycles. The number of hydrazine groups is 1. The average Bonchev–Trinajstić information content (AvgIpc) is 3.17. The Morgan fingerprint density at radius 2 is 1.88 bits per heavy atom. The Balaban J connectivity index is 1.63. The minimum absolute atomic E-state index is 0.373. The van der Waals surface area contributed by atoms with Gasteiger partial charge in [0, 0.05) is 11.3 Å². The van der Waals surface area contributed by atoms with Gasteiger partial charge < -0.3 is 5.32 Å². The molecule has 1 fully saturated rings. The van der Waals surface area contributed by atoms with Gasteiger partial charge in [0.25, 0.3) is 11.8 Å². The highest BCUT2D eigenvalue weighted by Gasteiger charge is 2.48. The third-order valence-electron chi connectivity index (χ3n) is 5.88. The topological polar surface area (TPSA) is 96.3 Å². The molecular formula is C24H33N5O3. The van der Waals surface area contributed by atoms with Crippen molar-refractivity contribution in [3.8, 4) is 0 Å². The fourth-order valence-corrected chi connectivity index (χ4v) is 4.02. The van der Waals surface area contributed by atoms with E-state index in [1.807, 2.05) is 30.7 Å². The smallest absolute Gasteiger partial charge is 0.322 e. The molecule has 3 rings (SSSR count). The molecular weight excluding hydrogens is 406 g/mol. The summed E-state index contributed by atoms with van der Waals surface area (Å²) in [5.74, 6) is -0.930. The van der Waals surface area contributed by atoms with Crippen LogP contribution >= 0.6 is 0 Å². The predicted octanol–water partition coefficient (Wildman–Crippen LogP) is 3.86. The Kier molecular flexibility index (Phi) is 7.33. The Morgan fingerprint density at radius 3 is 2.56 bits per heavy atom. The lowest BCUT2D eigenvalue weighted by molar-refractivity contribution is -0.132. The third kappa shape index (κ3) is 5.36. The van der Waals surface area contributed by atoms with Crippen molar-refractivity contribution in [2.45, 2.75) is 78.3 Å². The SMILES string of the molecule is CCCCCCCC1(C)NC(=O)N(NC(=O)c2cccc(Cn3nc(C)cc3C)c2)C1=O. The summed E-state index contributed by atoms with van der Waals surface area (Å²) in [7, 11) is 0. The molecule has 172 valence electrons. The number of imide groups is 1. The van der Waals surface area contributed by atoms with Gasteiger partial charge in [0.1, 0.15) is 5.54 Å². The number of urea groups is 1. The highest BCUT2D eigenvalue weighted by atomic mass is 16.2. The number of aryl methyl sites for hydroxylation is 2. The Bertz CT molecular complexity index is 999. The fraction of sp³-hybridized carbons (Fsp3) is 0.500. The monoisotopic (exact) mass is 439 g/mol. The predicted molar refractivity (Wildman–Crippen MR) is 122 cm³/mol. The molecule has 2 heterocycles. The lowest BCUT2D eigenvalue weighted by Crippen LogP contribution is -2.48. The van der Waals surface area contributed by atoms with Crippen LogP contribution in [0.5, 0.6) is 0 Å². The highest BCUT2D eigenvalue weighted by molar-refractivity contribution is 6.09. The van der Waals surface area contributed by atoms with Gasteiger partial charge in [-0.2, -0.15) is 10.1 Å². The molecule has 1 aromatic heterocycles. The van der Waals surface area contributed by atoms with Crippen molar-refractivity contribution in [3.63, 3.8) is 0 Å². The molecule has 0 saturated carbocycles. The number of carbonyl (C=O) groups is 3. The van der Waals surface area contributed by atoms with Gasteiger partial charge in [0.2, 0.25) is 0 Å². The van der Waals surface area contributed by atoms with Crippen LogP contribution in [0.25, 0.3) is 0 Å².